The van der Waals surface area contributed by atoms with Gasteiger partial charge >= 0.3 is 0 Å². The van der Waals surface area contributed by atoms with Gasteiger partial charge in [0.2, 0.25) is 12.5 Å². The first-order valence-electron chi connectivity index (χ1n) is 6.51. The average Bonchev–Trinajstić information content (AvgIpc) is 2.92. The van der Waals surface area contributed by atoms with Gasteiger partial charge < -0.3 is 19.3 Å². The third-order valence-electron chi connectivity index (χ3n) is 3.38. The van der Waals surface area contributed by atoms with E-state index in [0.29, 0.717) is 28.4 Å². The van der Waals surface area contributed by atoms with Gasteiger partial charge in [-0.15, -0.1) is 0 Å². The first-order valence-corrected chi connectivity index (χ1v) is 6.51. The van der Waals surface area contributed by atoms with E-state index in [4.69, 9.17) is 14.2 Å². The topological polar surface area (TPSA) is 47.9 Å². The molecule has 0 spiro atoms. The maximum absolute atomic E-state index is 13.5. The molecule has 1 N–H and O–H groups in total. The highest BCUT2D eigenvalue weighted by Crippen LogP contribution is 2.43. The fraction of sp³-hybridized carbons (Fsp3) is 0.250. The van der Waals surface area contributed by atoms with Gasteiger partial charge in [-0.1, -0.05) is 6.07 Å². The number of hydrogen-bond acceptors (Lipinski definition) is 4. The Morgan fingerprint density at radius 2 is 1.90 bits per heavy atom. The molecule has 2 aromatic rings. The summed E-state index contributed by atoms with van der Waals surface area (Å²) in [5.74, 6) is 1.13. The summed E-state index contributed by atoms with van der Waals surface area (Å²) in [6.45, 7) is 1.89. The molecule has 3 rings (SSSR count). The number of aryl methyl sites for hydroxylation is 1. The molecule has 0 amide bonds. The molecule has 21 heavy (non-hydrogen) atoms. The second-order valence-electron chi connectivity index (χ2n) is 4.92. The van der Waals surface area contributed by atoms with E-state index in [2.05, 4.69) is 0 Å². The summed E-state index contributed by atoms with van der Waals surface area (Å²) in [6, 6.07) is 7.81. The Morgan fingerprint density at radius 1 is 1.14 bits per heavy atom. The van der Waals surface area contributed by atoms with E-state index in [1.54, 1.807) is 25.1 Å². The molecule has 1 atom stereocenters. The predicted molar refractivity (Wildman–Crippen MR) is 74.3 cm³/mol. The van der Waals surface area contributed by atoms with Crippen molar-refractivity contribution in [3.8, 4) is 17.2 Å². The van der Waals surface area contributed by atoms with Gasteiger partial charge in [0.15, 0.2) is 11.5 Å². The van der Waals surface area contributed by atoms with Crippen molar-refractivity contribution in [3.63, 3.8) is 0 Å². The number of halogens is 1. The summed E-state index contributed by atoms with van der Waals surface area (Å²) in [6.07, 6.45) is -0.970. The third kappa shape index (κ3) is 2.52. The SMILES string of the molecule is COc1cc(C(O)c2cc(C)cc(F)c2)cc2c1OCO2. The van der Waals surface area contributed by atoms with Crippen LogP contribution in [0.15, 0.2) is 30.3 Å². The molecule has 0 aliphatic carbocycles. The Balaban J connectivity index is 2.03. The Morgan fingerprint density at radius 3 is 2.62 bits per heavy atom. The van der Waals surface area contributed by atoms with Gasteiger partial charge in [-0.2, -0.15) is 0 Å². The van der Waals surface area contributed by atoms with Crippen molar-refractivity contribution >= 4 is 0 Å². The van der Waals surface area contributed by atoms with E-state index in [1.807, 2.05) is 0 Å². The molecule has 0 saturated carbocycles. The van der Waals surface area contributed by atoms with Crippen LogP contribution in [0.25, 0.3) is 0 Å². The quantitative estimate of drug-likeness (QED) is 0.944. The largest absolute Gasteiger partial charge is 0.493 e. The molecule has 1 aliphatic rings. The zero-order valence-electron chi connectivity index (χ0n) is 11.7. The molecule has 4 nitrogen and oxygen atoms in total. The zero-order valence-corrected chi connectivity index (χ0v) is 11.7. The minimum absolute atomic E-state index is 0.115. The number of methoxy groups -OCH3 is 1. The zero-order chi connectivity index (χ0) is 15.0. The average molecular weight is 290 g/mol. The number of hydrogen-bond donors (Lipinski definition) is 1. The summed E-state index contributed by atoms with van der Waals surface area (Å²) in [7, 11) is 1.51. The summed E-state index contributed by atoms with van der Waals surface area (Å²) in [4.78, 5) is 0. The normalized spacial score (nSPS) is 14.1. The Bertz CT molecular complexity index is 664. The number of fused-ring (bicyclic) bond motifs is 1. The lowest BCUT2D eigenvalue weighted by atomic mass is 9.99. The summed E-state index contributed by atoms with van der Waals surface area (Å²) in [5.41, 5.74) is 1.78. The van der Waals surface area contributed by atoms with E-state index in [-0.39, 0.29) is 12.6 Å². The summed E-state index contributed by atoms with van der Waals surface area (Å²) < 4.78 is 29.4. The van der Waals surface area contributed by atoms with Crippen LogP contribution in [0.3, 0.4) is 0 Å². The molecule has 5 heteroatoms. The summed E-state index contributed by atoms with van der Waals surface area (Å²) >= 11 is 0. The molecular weight excluding hydrogens is 275 g/mol. The van der Waals surface area contributed by atoms with Gasteiger partial charge in [-0.3, -0.25) is 0 Å². The fourth-order valence-electron chi connectivity index (χ4n) is 2.42. The number of ether oxygens (including phenoxy) is 3. The standard InChI is InChI=1S/C16H15FO4/c1-9-3-10(5-12(17)4-9)15(18)11-6-13(19-2)16-14(7-11)20-8-21-16/h3-7,15,18H,8H2,1-2H3. The summed E-state index contributed by atoms with van der Waals surface area (Å²) in [5, 5.41) is 10.5. The van der Waals surface area contributed by atoms with Gasteiger partial charge in [-0.05, 0) is 47.9 Å². The minimum Gasteiger partial charge on any atom is -0.493 e. The van der Waals surface area contributed by atoms with Crippen LogP contribution in [-0.4, -0.2) is 19.0 Å². The van der Waals surface area contributed by atoms with Crippen molar-refractivity contribution in [2.45, 2.75) is 13.0 Å². The van der Waals surface area contributed by atoms with Crippen LogP contribution in [0.4, 0.5) is 4.39 Å². The van der Waals surface area contributed by atoms with Crippen LogP contribution < -0.4 is 14.2 Å². The van der Waals surface area contributed by atoms with Crippen LogP contribution in [-0.2, 0) is 0 Å². The van der Waals surface area contributed by atoms with Gasteiger partial charge in [-0.25, -0.2) is 4.39 Å². The van der Waals surface area contributed by atoms with Crippen LogP contribution >= 0.6 is 0 Å². The third-order valence-corrected chi connectivity index (χ3v) is 3.38. The van der Waals surface area contributed by atoms with Gasteiger partial charge in [0.25, 0.3) is 0 Å². The Hall–Kier alpha value is -2.27. The highest BCUT2D eigenvalue weighted by atomic mass is 19.1. The van der Waals surface area contributed by atoms with Crippen LogP contribution in [0.1, 0.15) is 22.8 Å². The van der Waals surface area contributed by atoms with Crippen molar-refractivity contribution < 1.29 is 23.7 Å². The van der Waals surface area contributed by atoms with Gasteiger partial charge in [0.05, 0.1) is 7.11 Å². The molecule has 1 heterocycles. The van der Waals surface area contributed by atoms with E-state index >= 15 is 0 Å². The molecule has 0 aromatic heterocycles. The Kier molecular flexibility index (Phi) is 3.43. The molecule has 2 aromatic carbocycles. The molecule has 1 unspecified atom stereocenters. The van der Waals surface area contributed by atoms with E-state index in [1.165, 1.54) is 19.2 Å². The first kappa shape index (κ1) is 13.7. The lowest BCUT2D eigenvalue weighted by Crippen LogP contribution is -2.02. The number of benzene rings is 2. The first-order chi connectivity index (χ1) is 10.1. The predicted octanol–water partition coefficient (Wildman–Crippen LogP) is 2.95. The van der Waals surface area contributed by atoms with Crippen molar-refractivity contribution in [3.05, 3.63) is 52.8 Å². The second-order valence-corrected chi connectivity index (χ2v) is 4.92. The van der Waals surface area contributed by atoms with Gasteiger partial charge in [0, 0.05) is 0 Å². The lowest BCUT2D eigenvalue weighted by Gasteiger charge is -2.15. The van der Waals surface area contributed by atoms with Crippen molar-refractivity contribution in [2.24, 2.45) is 0 Å². The van der Waals surface area contributed by atoms with Crippen LogP contribution in [0, 0.1) is 12.7 Å². The highest BCUT2D eigenvalue weighted by molar-refractivity contribution is 5.56. The number of aliphatic hydroxyl groups is 1. The maximum atomic E-state index is 13.5. The van der Waals surface area contributed by atoms with Crippen molar-refractivity contribution in [1.29, 1.82) is 0 Å². The van der Waals surface area contributed by atoms with E-state index < -0.39 is 6.10 Å². The Labute approximate surface area is 121 Å². The second kappa shape index (κ2) is 5.26. The van der Waals surface area contributed by atoms with Crippen molar-refractivity contribution in [1.82, 2.24) is 0 Å². The molecule has 0 fully saturated rings. The van der Waals surface area contributed by atoms with Gasteiger partial charge in [0.1, 0.15) is 11.9 Å². The highest BCUT2D eigenvalue weighted by Gasteiger charge is 2.23. The minimum atomic E-state index is -0.970. The molecule has 1 aliphatic heterocycles. The molecule has 0 bridgehead atoms. The van der Waals surface area contributed by atoms with Crippen LogP contribution in [0.2, 0.25) is 0 Å². The molecule has 0 radical (unpaired) electrons. The van der Waals surface area contributed by atoms with Crippen LogP contribution in [0.5, 0.6) is 17.2 Å². The lowest BCUT2D eigenvalue weighted by molar-refractivity contribution is 0.171. The number of aliphatic hydroxyl groups excluding tert-OH is 1. The number of rotatable bonds is 3. The van der Waals surface area contributed by atoms with E-state index in [0.717, 1.165) is 5.56 Å². The van der Waals surface area contributed by atoms with Crippen molar-refractivity contribution in [2.75, 3.05) is 13.9 Å². The molecule has 110 valence electrons. The maximum Gasteiger partial charge on any atom is 0.231 e. The fourth-order valence-corrected chi connectivity index (χ4v) is 2.42. The monoisotopic (exact) mass is 290 g/mol. The van der Waals surface area contributed by atoms with E-state index in [9.17, 15) is 9.50 Å². The molecule has 0 saturated heterocycles. The smallest absolute Gasteiger partial charge is 0.231 e. The molecular formula is C16H15FO4.